The molecule has 72 valence electrons. The van der Waals surface area contributed by atoms with Crippen molar-refractivity contribution in [3.05, 3.63) is 30.6 Å². The molecular formula is C8H10N6. The Morgan fingerprint density at radius 3 is 2.79 bits per heavy atom. The van der Waals surface area contributed by atoms with Crippen LogP contribution < -0.4 is 5.32 Å². The third-order valence-corrected chi connectivity index (χ3v) is 1.68. The molecule has 0 aliphatic carbocycles. The molecule has 0 fully saturated rings. The number of aromatic amines is 1. The highest BCUT2D eigenvalue weighted by Crippen LogP contribution is 1.94. The van der Waals surface area contributed by atoms with Crippen molar-refractivity contribution in [2.75, 3.05) is 11.9 Å². The van der Waals surface area contributed by atoms with Gasteiger partial charge in [0.15, 0.2) is 0 Å². The molecule has 0 spiro atoms. The number of nitrogens with zero attached hydrogens (tertiary/aromatic N) is 4. The van der Waals surface area contributed by atoms with Crippen LogP contribution in [0.1, 0.15) is 5.82 Å². The lowest BCUT2D eigenvalue weighted by Gasteiger charge is -2.01. The van der Waals surface area contributed by atoms with Gasteiger partial charge in [0, 0.05) is 25.4 Å². The van der Waals surface area contributed by atoms with Crippen LogP contribution in [0.25, 0.3) is 0 Å². The maximum Gasteiger partial charge on any atom is 0.222 e. The fourth-order valence-corrected chi connectivity index (χ4v) is 1.03. The molecule has 0 unspecified atom stereocenters. The van der Waals surface area contributed by atoms with Crippen LogP contribution in [0.5, 0.6) is 0 Å². The molecule has 0 saturated carbocycles. The van der Waals surface area contributed by atoms with Crippen LogP contribution in [0.3, 0.4) is 0 Å². The van der Waals surface area contributed by atoms with E-state index in [0.717, 1.165) is 18.8 Å². The third kappa shape index (κ3) is 2.25. The summed E-state index contributed by atoms with van der Waals surface area (Å²) in [6.07, 6.45) is 5.67. The summed E-state index contributed by atoms with van der Waals surface area (Å²) in [5.74, 6) is 1.49. The first kappa shape index (κ1) is 8.61. The molecule has 0 saturated heterocycles. The van der Waals surface area contributed by atoms with Gasteiger partial charge in [0.25, 0.3) is 0 Å². The van der Waals surface area contributed by atoms with Crippen molar-refractivity contribution in [1.29, 1.82) is 0 Å². The van der Waals surface area contributed by atoms with E-state index in [-0.39, 0.29) is 0 Å². The molecular weight excluding hydrogens is 180 g/mol. The molecule has 2 N–H and O–H groups in total. The zero-order chi connectivity index (χ0) is 9.64. The second kappa shape index (κ2) is 4.31. The highest BCUT2D eigenvalue weighted by atomic mass is 15.2. The monoisotopic (exact) mass is 190 g/mol. The molecule has 0 bridgehead atoms. The van der Waals surface area contributed by atoms with Gasteiger partial charge in [-0.05, 0) is 6.07 Å². The van der Waals surface area contributed by atoms with E-state index in [4.69, 9.17) is 0 Å². The van der Waals surface area contributed by atoms with Crippen molar-refractivity contribution < 1.29 is 0 Å². The number of H-pyrrole nitrogens is 1. The quantitative estimate of drug-likeness (QED) is 0.722. The van der Waals surface area contributed by atoms with E-state index in [1.54, 1.807) is 18.5 Å². The zero-order valence-corrected chi connectivity index (χ0v) is 7.51. The fourth-order valence-electron chi connectivity index (χ4n) is 1.03. The minimum absolute atomic E-state index is 0.631. The van der Waals surface area contributed by atoms with Crippen molar-refractivity contribution in [3.63, 3.8) is 0 Å². The van der Waals surface area contributed by atoms with Crippen LogP contribution in [0.4, 0.5) is 5.95 Å². The van der Waals surface area contributed by atoms with Gasteiger partial charge < -0.3 is 5.32 Å². The van der Waals surface area contributed by atoms with E-state index in [1.807, 2.05) is 0 Å². The molecule has 2 rings (SSSR count). The lowest BCUT2D eigenvalue weighted by Crippen LogP contribution is -2.08. The Kier molecular flexibility index (Phi) is 2.65. The Morgan fingerprint density at radius 1 is 1.21 bits per heavy atom. The number of aromatic nitrogens is 5. The van der Waals surface area contributed by atoms with Gasteiger partial charge in [-0.15, -0.1) is 0 Å². The number of rotatable bonds is 4. The highest BCUT2D eigenvalue weighted by Gasteiger charge is 1.96. The Bertz CT molecular complexity index is 357. The van der Waals surface area contributed by atoms with Crippen molar-refractivity contribution in [1.82, 2.24) is 25.1 Å². The van der Waals surface area contributed by atoms with E-state index in [2.05, 4.69) is 30.5 Å². The summed E-state index contributed by atoms with van der Waals surface area (Å²) in [6, 6.07) is 1.78. The van der Waals surface area contributed by atoms with Crippen LogP contribution in [0.2, 0.25) is 0 Å². The number of hydrogen-bond acceptors (Lipinski definition) is 5. The number of hydrogen-bond donors (Lipinski definition) is 2. The first-order valence-corrected chi connectivity index (χ1v) is 4.30. The summed E-state index contributed by atoms with van der Waals surface area (Å²) in [4.78, 5) is 12.1. The normalized spacial score (nSPS) is 10.0. The maximum absolute atomic E-state index is 4.03. The standard InChI is InChI=1S/C8H10N6/c1-3-9-8(10-4-1)11-5-2-7-12-6-13-14-7/h1,3-4,6H,2,5H2,(H,9,10,11)(H,12,13,14). The molecule has 6 heteroatoms. The minimum Gasteiger partial charge on any atom is -0.354 e. The van der Waals surface area contributed by atoms with Gasteiger partial charge in [-0.2, -0.15) is 5.10 Å². The maximum atomic E-state index is 4.03. The molecule has 14 heavy (non-hydrogen) atoms. The summed E-state index contributed by atoms with van der Waals surface area (Å²) in [5.41, 5.74) is 0. The molecule has 6 nitrogen and oxygen atoms in total. The van der Waals surface area contributed by atoms with Crippen molar-refractivity contribution in [3.8, 4) is 0 Å². The van der Waals surface area contributed by atoms with Gasteiger partial charge in [0.1, 0.15) is 12.2 Å². The van der Waals surface area contributed by atoms with Gasteiger partial charge >= 0.3 is 0 Å². The average Bonchev–Trinajstić information content (AvgIpc) is 2.72. The Balaban J connectivity index is 1.79. The summed E-state index contributed by atoms with van der Waals surface area (Å²) in [6.45, 7) is 0.735. The van der Waals surface area contributed by atoms with Gasteiger partial charge in [-0.25, -0.2) is 15.0 Å². The lowest BCUT2D eigenvalue weighted by molar-refractivity contribution is 0.890. The number of nitrogens with one attached hydrogen (secondary N) is 2. The third-order valence-electron chi connectivity index (χ3n) is 1.68. The molecule has 0 atom stereocenters. The van der Waals surface area contributed by atoms with Crippen LogP contribution in [-0.2, 0) is 6.42 Å². The Labute approximate surface area is 80.8 Å². The SMILES string of the molecule is c1cnc(NCCc2ncn[nH]2)nc1. The molecule has 0 aliphatic heterocycles. The molecule has 0 aliphatic rings. The average molecular weight is 190 g/mol. The molecule has 2 aromatic heterocycles. The highest BCUT2D eigenvalue weighted by molar-refractivity contribution is 5.21. The summed E-state index contributed by atoms with van der Waals surface area (Å²) in [7, 11) is 0. The first-order valence-electron chi connectivity index (χ1n) is 4.30. The van der Waals surface area contributed by atoms with E-state index in [0.29, 0.717) is 5.95 Å². The largest absolute Gasteiger partial charge is 0.354 e. The van der Waals surface area contributed by atoms with Crippen molar-refractivity contribution in [2.45, 2.75) is 6.42 Å². The van der Waals surface area contributed by atoms with Gasteiger partial charge in [-0.3, -0.25) is 5.10 Å². The summed E-state index contributed by atoms with van der Waals surface area (Å²) >= 11 is 0. The molecule has 0 radical (unpaired) electrons. The Morgan fingerprint density at radius 2 is 2.07 bits per heavy atom. The van der Waals surface area contributed by atoms with Crippen LogP contribution in [0.15, 0.2) is 24.8 Å². The van der Waals surface area contributed by atoms with Gasteiger partial charge in [0.2, 0.25) is 5.95 Å². The predicted molar refractivity (Wildman–Crippen MR) is 50.6 cm³/mol. The molecule has 2 heterocycles. The zero-order valence-electron chi connectivity index (χ0n) is 7.51. The predicted octanol–water partition coefficient (Wildman–Crippen LogP) is 0.249. The second-order valence-electron chi connectivity index (χ2n) is 2.68. The number of anilines is 1. The van der Waals surface area contributed by atoms with Crippen molar-refractivity contribution >= 4 is 5.95 Å². The summed E-state index contributed by atoms with van der Waals surface area (Å²) in [5, 5.41) is 9.61. The Hall–Kier alpha value is -1.98. The van der Waals surface area contributed by atoms with Crippen LogP contribution >= 0.6 is 0 Å². The molecule has 0 amide bonds. The summed E-state index contributed by atoms with van der Waals surface area (Å²) < 4.78 is 0. The first-order chi connectivity index (χ1) is 6.95. The van der Waals surface area contributed by atoms with Crippen molar-refractivity contribution in [2.24, 2.45) is 0 Å². The minimum atomic E-state index is 0.631. The van der Waals surface area contributed by atoms with Gasteiger partial charge in [0.05, 0.1) is 0 Å². The van der Waals surface area contributed by atoms with Crippen LogP contribution in [-0.4, -0.2) is 31.7 Å². The molecule has 0 aromatic carbocycles. The lowest BCUT2D eigenvalue weighted by atomic mass is 10.4. The molecule has 2 aromatic rings. The van der Waals surface area contributed by atoms with E-state index >= 15 is 0 Å². The second-order valence-corrected chi connectivity index (χ2v) is 2.68. The van der Waals surface area contributed by atoms with E-state index < -0.39 is 0 Å². The topological polar surface area (TPSA) is 79.4 Å². The van der Waals surface area contributed by atoms with E-state index in [1.165, 1.54) is 6.33 Å². The van der Waals surface area contributed by atoms with E-state index in [9.17, 15) is 0 Å². The smallest absolute Gasteiger partial charge is 0.222 e. The van der Waals surface area contributed by atoms with Crippen LogP contribution in [0, 0.1) is 0 Å². The fraction of sp³-hybridized carbons (Fsp3) is 0.250. The van der Waals surface area contributed by atoms with Gasteiger partial charge in [-0.1, -0.05) is 0 Å².